The molecule has 0 saturated carbocycles. The van der Waals surface area contributed by atoms with Crippen LogP contribution < -0.4 is 5.32 Å². The Morgan fingerprint density at radius 2 is 2.22 bits per heavy atom. The Labute approximate surface area is 104 Å². The summed E-state index contributed by atoms with van der Waals surface area (Å²) in [6, 6.07) is 10.1. The van der Waals surface area contributed by atoms with Crippen LogP contribution in [0.1, 0.15) is 11.1 Å². The standard InChI is InChI=1S/C13H11FN4/c14-12-3-1-2-10(8-12)4-6-16-13-11(9-15)5-7-17-18-13/h1-3,5,7-8H,4,6H2,(H,16,18). The van der Waals surface area contributed by atoms with E-state index >= 15 is 0 Å². The normalized spacial score (nSPS) is 9.78. The number of hydrogen-bond acceptors (Lipinski definition) is 4. The average Bonchev–Trinajstić information content (AvgIpc) is 2.39. The van der Waals surface area contributed by atoms with Crippen LogP contribution in [0.5, 0.6) is 0 Å². The molecule has 1 aromatic heterocycles. The van der Waals surface area contributed by atoms with Crippen molar-refractivity contribution in [3.05, 3.63) is 53.5 Å². The smallest absolute Gasteiger partial charge is 0.166 e. The zero-order valence-electron chi connectivity index (χ0n) is 9.60. The molecule has 0 spiro atoms. The fourth-order valence-corrected chi connectivity index (χ4v) is 1.57. The van der Waals surface area contributed by atoms with Crippen molar-refractivity contribution in [3.63, 3.8) is 0 Å². The third-order valence-corrected chi connectivity index (χ3v) is 2.44. The summed E-state index contributed by atoms with van der Waals surface area (Å²) in [5.41, 5.74) is 1.34. The minimum absolute atomic E-state index is 0.246. The van der Waals surface area contributed by atoms with Crippen molar-refractivity contribution in [3.8, 4) is 6.07 Å². The van der Waals surface area contributed by atoms with Crippen LogP contribution in [0.3, 0.4) is 0 Å². The summed E-state index contributed by atoms with van der Waals surface area (Å²) in [4.78, 5) is 0. The fraction of sp³-hybridized carbons (Fsp3) is 0.154. The van der Waals surface area contributed by atoms with E-state index in [4.69, 9.17) is 5.26 Å². The van der Waals surface area contributed by atoms with Crippen LogP contribution in [0.4, 0.5) is 10.2 Å². The molecule has 0 fully saturated rings. The Balaban J connectivity index is 1.95. The second-order valence-corrected chi connectivity index (χ2v) is 3.71. The van der Waals surface area contributed by atoms with Crippen LogP contribution in [-0.4, -0.2) is 16.7 Å². The van der Waals surface area contributed by atoms with E-state index in [1.54, 1.807) is 12.1 Å². The summed E-state index contributed by atoms with van der Waals surface area (Å²) in [5, 5.41) is 19.4. The first kappa shape index (κ1) is 12.0. The van der Waals surface area contributed by atoms with Crippen LogP contribution in [-0.2, 0) is 6.42 Å². The quantitative estimate of drug-likeness (QED) is 0.892. The van der Waals surface area contributed by atoms with Gasteiger partial charge in [0.25, 0.3) is 0 Å². The monoisotopic (exact) mass is 242 g/mol. The number of hydrogen-bond donors (Lipinski definition) is 1. The van der Waals surface area contributed by atoms with Gasteiger partial charge in [-0.05, 0) is 30.2 Å². The Hall–Kier alpha value is -2.48. The maximum Gasteiger partial charge on any atom is 0.166 e. The number of anilines is 1. The minimum atomic E-state index is -0.246. The van der Waals surface area contributed by atoms with Crippen LogP contribution in [0.2, 0.25) is 0 Å². The fourth-order valence-electron chi connectivity index (χ4n) is 1.57. The number of nitrogens with zero attached hydrogens (tertiary/aromatic N) is 3. The van der Waals surface area contributed by atoms with Gasteiger partial charge in [0.1, 0.15) is 11.9 Å². The largest absolute Gasteiger partial charge is 0.367 e. The van der Waals surface area contributed by atoms with Crippen molar-refractivity contribution < 1.29 is 4.39 Å². The molecule has 2 aromatic rings. The predicted octanol–water partition coefficient (Wildman–Crippen LogP) is 2.14. The number of nitriles is 1. The van der Waals surface area contributed by atoms with Gasteiger partial charge in [-0.25, -0.2) is 4.39 Å². The molecule has 0 bridgehead atoms. The summed E-state index contributed by atoms with van der Waals surface area (Å²) in [7, 11) is 0. The van der Waals surface area contributed by atoms with E-state index in [0.717, 1.165) is 5.56 Å². The maximum absolute atomic E-state index is 13.0. The SMILES string of the molecule is N#Cc1ccnnc1NCCc1cccc(F)c1. The minimum Gasteiger partial charge on any atom is -0.367 e. The number of aromatic nitrogens is 2. The van der Waals surface area contributed by atoms with Crippen LogP contribution in [0.25, 0.3) is 0 Å². The van der Waals surface area contributed by atoms with E-state index in [0.29, 0.717) is 24.3 Å². The zero-order chi connectivity index (χ0) is 12.8. The first-order valence-electron chi connectivity index (χ1n) is 5.49. The van der Waals surface area contributed by atoms with E-state index in [2.05, 4.69) is 15.5 Å². The van der Waals surface area contributed by atoms with Gasteiger partial charge in [0.2, 0.25) is 0 Å². The van der Waals surface area contributed by atoms with Gasteiger partial charge in [0.05, 0.1) is 11.8 Å². The molecule has 0 atom stereocenters. The van der Waals surface area contributed by atoms with E-state index in [1.165, 1.54) is 18.3 Å². The van der Waals surface area contributed by atoms with Crippen LogP contribution in [0.15, 0.2) is 36.5 Å². The summed E-state index contributed by atoms with van der Waals surface area (Å²) < 4.78 is 13.0. The molecular weight excluding hydrogens is 231 g/mol. The molecule has 1 aromatic carbocycles. The molecule has 5 heteroatoms. The van der Waals surface area contributed by atoms with Crippen LogP contribution >= 0.6 is 0 Å². The topological polar surface area (TPSA) is 61.6 Å². The maximum atomic E-state index is 13.0. The number of halogens is 1. The molecule has 0 saturated heterocycles. The Bertz CT molecular complexity index is 577. The van der Waals surface area contributed by atoms with Gasteiger partial charge >= 0.3 is 0 Å². The lowest BCUT2D eigenvalue weighted by Crippen LogP contribution is -2.08. The second kappa shape index (κ2) is 5.73. The molecule has 1 N–H and O–H groups in total. The summed E-state index contributed by atoms with van der Waals surface area (Å²) >= 11 is 0. The predicted molar refractivity (Wildman–Crippen MR) is 65.3 cm³/mol. The molecule has 4 nitrogen and oxygen atoms in total. The van der Waals surface area contributed by atoms with Gasteiger partial charge in [-0.15, -0.1) is 5.10 Å². The van der Waals surface area contributed by atoms with E-state index in [-0.39, 0.29) is 5.82 Å². The summed E-state index contributed by atoms with van der Waals surface area (Å²) in [6.07, 6.45) is 2.12. The second-order valence-electron chi connectivity index (χ2n) is 3.71. The number of nitrogens with one attached hydrogen (secondary N) is 1. The highest BCUT2D eigenvalue weighted by atomic mass is 19.1. The molecule has 2 rings (SSSR count). The Morgan fingerprint density at radius 3 is 3.00 bits per heavy atom. The summed E-state index contributed by atoms with van der Waals surface area (Å²) in [5.74, 6) is 0.209. The molecule has 1 heterocycles. The van der Waals surface area contributed by atoms with Crippen molar-refractivity contribution in [1.29, 1.82) is 5.26 Å². The Morgan fingerprint density at radius 1 is 1.33 bits per heavy atom. The molecule has 18 heavy (non-hydrogen) atoms. The van der Waals surface area contributed by atoms with Crippen molar-refractivity contribution >= 4 is 5.82 Å². The molecule has 0 unspecified atom stereocenters. The van der Waals surface area contributed by atoms with E-state index in [1.807, 2.05) is 12.1 Å². The van der Waals surface area contributed by atoms with Gasteiger partial charge in [0, 0.05) is 6.54 Å². The highest BCUT2D eigenvalue weighted by Crippen LogP contribution is 2.09. The number of benzene rings is 1. The van der Waals surface area contributed by atoms with E-state index in [9.17, 15) is 4.39 Å². The van der Waals surface area contributed by atoms with Gasteiger partial charge in [-0.1, -0.05) is 12.1 Å². The van der Waals surface area contributed by atoms with Gasteiger partial charge in [-0.3, -0.25) is 0 Å². The molecule has 0 aliphatic carbocycles. The molecule has 0 amide bonds. The molecular formula is C13H11FN4. The van der Waals surface area contributed by atoms with E-state index < -0.39 is 0 Å². The first-order chi connectivity index (χ1) is 8.79. The van der Waals surface area contributed by atoms with Gasteiger partial charge < -0.3 is 5.32 Å². The molecule has 0 aliphatic rings. The molecule has 90 valence electrons. The lowest BCUT2D eigenvalue weighted by Gasteiger charge is -2.06. The Kier molecular flexibility index (Phi) is 3.82. The van der Waals surface area contributed by atoms with Gasteiger partial charge in [0.15, 0.2) is 5.82 Å². The highest BCUT2D eigenvalue weighted by Gasteiger charge is 2.02. The number of rotatable bonds is 4. The summed E-state index contributed by atoms with van der Waals surface area (Å²) in [6.45, 7) is 0.566. The lowest BCUT2D eigenvalue weighted by molar-refractivity contribution is 0.625. The van der Waals surface area contributed by atoms with Gasteiger partial charge in [-0.2, -0.15) is 10.4 Å². The zero-order valence-corrected chi connectivity index (χ0v) is 9.60. The first-order valence-corrected chi connectivity index (χ1v) is 5.49. The average molecular weight is 242 g/mol. The highest BCUT2D eigenvalue weighted by molar-refractivity contribution is 5.50. The third kappa shape index (κ3) is 3.01. The van der Waals surface area contributed by atoms with Crippen molar-refractivity contribution in [2.45, 2.75) is 6.42 Å². The molecule has 0 aliphatic heterocycles. The van der Waals surface area contributed by atoms with Crippen molar-refractivity contribution in [1.82, 2.24) is 10.2 Å². The third-order valence-electron chi connectivity index (χ3n) is 2.44. The van der Waals surface area contributed by atoms with Crippen molar-refractivity contribution in [2.24, 2.45) is 0 Å². The lowest BCUT2D eigenvalue weighted by atomic mass is 10.1. The van der Waals surface area contributed by atoms with Crippen LogP contribution in [0, 0.1) is 17.1 Å². The molecule has 0 radical (unpaired) electrons. The van der Waals surface area contributed by atoms with Crippen molar-refractivity contribution in [2.75, 3.05) is 11.9 Å².